The molecule has 16 nitrogen and oxygen atoms in total. The quantitative estimate of drug-likeness (QED) is 0.126. The van der Waals surface area contributed by atoms with Crippen LogP contribution in [0.5, 0.6) is 0 Å². The predicted octanol–water partition coefficient (Wildman–Crippen LogP) is 5.58. The van der Waals surface area contributed by atoms with Crippen molar-refractivity contribution in [3.8, 4) is 11.1 Å². The van der Waals surface area contributed by atoms with Gasteiger partial charge in [0.15, 0.2) is 0 Å². The van der Waals surface area contributed by atoms with Crippen LogP contribution in [0, 0.1) is 17.3 Å². The molecule has 4 aliphatic rings. The zero-order valence-corrected chi connectivity index (χ0v) is 44.4. The van der Waals surface area contributed by atoms with Gasteiger partial charge in [-0.15, -0.1) is 0 Å². The SMILES string of the molecule is C=CC(=O)N1CC[C@H](C(=O)N(C)[C@H](C(=O)N[C@H]2Cc3cccc(c3)-c3ccc4c(c3)c(c(/C=C(/N=CC(C)N3CCN(C)CC3)[C@H](C)OC)n4CC)CC(C)(C)COC(=O)[C@@H]3CCCN(N3)C2=O)C(C)C)C1. The summed E-state index contributed by atoms with van der Waals surface area (Å²) in [5, 5.41) is 5.59. The van der Waals surface area contributed by atoms with Crippen molar-refractivity contribution in [2.45, 2.75) is 117 Å². The molecule has 1 unspecified atom stereocenters. The Morgan fingerprint density at radius 3 is 2.44 bits per heavy atom. The number of ether oxygens (including phenoxy) is 2. The van der Waals surface area contributed by atoms with Gasteiger partial charge in [-0.3, -0.25) is 38.9 Å². The van der Waals surface area contributed by atoms with Crippen LogP contribution in [0.15, 0.2) is 65.8 Å². The smallest absolute Gasteiger partial charge is 0.324 e. The van der Waals surface area contributed by atoms with Crippen molar-refractivity contribution in [1.29, 1.82) is 0 Å². The van der Waals surface area contributed by atoms with Crippen LogP contribution in [-0.2, 0) is 52.8 Å². The van der Waals surface area contributed by atoms with Crippen LogP contribution in [-0.4, -0.2) is 169 Å². The van der Waals surface area contributed by atoms with Gasteiger partial charge in [-0.25, -0.2) is 5.43 Å². The minimum atomic E-state index is -1.05. The van der Waals surface area contributed by atoms with Gasteiger partial charge in [0.05, 0.1) is 24.3 Å². The van der Waals surface area contributed by atoms with Gasteiger partial charge in [-0.1, -0.05) is 64.6 Å². The predicted molar refractivity (Wildman–Crippen MR) is 283 cm³/mol. The summed E-state index contributed by atoms with van der Waals surface area (Å²) in [6, 6.07) is 12.0. The summed E-state index contributed by atoms with van der Waals surface area (Å²) in [4.78, 5) is 82.7. The molecule has 2 N–H and O–H groups in total. The topological polar surface area (TPSA) is 161 Å². The van der Waals surface area contributed by atoms with Crippen molar-refractivity contribution >= 4 is 52.8 Å². The standard InChI is InChI=1S/C56H79N9O7/c1-12-50(66)63-23-21-42(34-63)53(68)61(10)51(36(3)4)52(67)58-47-29-39-16-14-17-40(28-39)41-19-20-48-43(30-41)44(32-56(7,8)35-72-55(70)45-18-15-22-65(59-45)54(47)69)49(64(48)13-2)31-46(38(6)71-11)57-33-37(5)62-26-24-60(9)25-27-62/h12,14,16-17,19-20,28,30-31,33,36-38,42,45,47,51,59H,1,13,15,18,21-27,29,32,34-35H2,2-11H3,(H,58,67)/b46-31+,57-33?/t37?,38-,42-,45-,47-,51-/m0/s1. The number of methoxy groups -OCH3 is 1. The van der Waals surface area contributed by atoms with E-state index in [0.717, 1.165) is 70.7 Å². The average Bonchev–Trinajstić information content (AvgIpc) is 3.98. The number of likely N-dealkylation sites (N-methyl/N-ethyl adjacent to an activating group) is 2. The number of carbonyl (C=O) groups is 5. The van der Waals surface area contributed by atoms with Crippen molar-refractivity contribution in [1.82, 2.24) is 39.9 Å². The summed E-state index contributed by atoms with van der Waals surface area (Å²) in [7, 11) is 5.49. The van der Waals surface area contributed by atoms with Gasteiger partial charge in [-0.05, 0) is 106 Å². The molecule has 6 atom stereocenters. The number of rotatable bonds is 13. The Morgan fingerprint density at radius 1 is 1.01 bits per heavy atom. The number of piperazine rings is 1. The molecular formula is C56H79N9O7. The number of carbonyl (C=O) groups excluding carboxylic acids is 5. The number of benzene rings is 2. The molecule has 3 saturated heterocycles. The molecule has 0 spiro atoms. The van der Waals surface area contributed by atoms with E-state index in [1.165, 1.54) is 16.0 Å². The molecule has 6 bridgehead atoms. The summed E-state index contributed by atoms with van der Waals surface area (Å²) in [5.74, 6) is -2.56. The first-order chi connectivity index (χ1) is 34.3. The Balaban J connectivity index is 1.27. The molecule has 7 rings (SSSR count). The Bertz CT molecular complexity index is 2540. The maximum absolute atomic E-state index is 14.8. The maximum Gasteiger partial charge on any atom is 0.324 e. The fraction of sp³-hybridized carbons (Fsp3) is 0.571. The number of nitrogens with one attached hydrogen (secondary N) is 2. The van der Waals surface area contributed by atoms with Crippen LogP contribution >= 0.6 is 0 Å². The van der Waals surface area contributed by atoms with E-state index in [-0.39, 0.29) is 49.5 Å². The second kappa shape index (κ2) is 23.5. The van der Waals surface area contributed by atoms with Crippen LogP contribution in [0.2, 0.25) is 0 Å². The Kier molecular flexibility index (Phi) is 17.6. The number of hydrazine groups is 1. The van der Waals surface area contributed by atoms with Crippen LogP contribution in [0.1, 0.15) is 84.5 Å². The van der Waals surface area contributed by atoms with Gasteiger partial charge in [0, 0.05) is 107 Å². The average molecular weight is 990 g/mol. The first-order valence-electron chi connectivity index (χ1n) is 26.0. The number of aryl methyl sites for hydroxylation is 1. The first-order valence-corrected chi connectivity index (χ1v) is 26.0. The third-order valence-corrected chi connectivity index (χ3v) is 15.1. The molecular weight excluding hydrogens is 911 g/mol. The minimum absolute atomic E-state index is 0.134. The van der Waals surface area contributed by atoms with Gasteiger partial charge < -0.3 is 34.1 Å². The molecule has 0 radical (unpaired) electrons. The van der Waals surface area contributed by atoms with Crippen molar-refractivity contribution in [2.24, 2.45) is 22.2 Å². The Hall–Kier alpha value is -5.68. The highest BCUT2D eigenvalue weighted by Crippen LogP contribution is 2.37. The number of hydrogen-bond acceptors (Lipinski definition) is 11. The number of likely N-dealkylation sites (tertiary alicyclic amines) is 1. The fourth-order valence-electron chi connectivity index (χ4n) is 10.8. The Labute approximate surface area is 426 Å². The van der Waals surface area contributed by atoms with Crippen molar-refractivity contribution in [2.75, 3.05) is 73.6 Å². The van der Waals surface area contributed by atoms with E-state index in [2.05, 4.69) is 103 Å². The first kappa shape index (κ1) is 54.1. The molecule has 2 aromatic carbocycles. The summed E-state index contributed by atoms with van der Waals surface area (Å²) >= 11 is 0. The molecule has 0 saturated carbocycles. The van der Waals surface area contributed by atoms with E-state index >= 15 is 0 Å². The Morgan fingerprint density at radius 2 is 1.75 bits per heavy atom. The zero-order chi connectivity index (χ0) is 52.0. The van der Waals surface area contributed by atoms with Gasteiger partial charge in [0.25, 0.3) is 5.91 Å². The number of hydrogen-bond donors (Lipinski definition) is 2. The van der Waals surface area contributed by atoms with E-state index in [9.17, 15) is 24.0 Å². The molecule has 16 heteroatoms. The molecule has 5 heterocycles. The summed E-state index contributed by atoms with van der Waals surface area (Å²) in [5.41, 5.74) is 9.44. The lowest BCUT2D eigenvalue weighted by atomic mass is 9.85. The maximum atomic E-state index is 14.8. The summed E-state index contributed by atoms with van der Waals surface area (Å²) in [6.45, 7) is 23.8. The van der Waals surface area contributed by atoms with Crippen molar-refractivity contribution < 1.29 is 33.4 Å². The summed E-state index contributed by atoms with van der Waals surface area (Å²) < 4.78 is 14.5. The highest BCUT2D eigenvalue weighted by Gasteiger charge is 2.40. The minimum Gasteiger partial charge on any atom is -0.464 e. The molecule has 0 aliphatic carbocycles. The van der Waals surface area contributed by atoms with Crippen molar-refractivity contribution in [3.63, 3.8) is 0 Å². The largest absolute Gasteiger partial charge is 0.464 e. The zero-order valence-electron chi connectivity index (χ0n) is 44.4. The second-order valence-corrected chi connectivity index (χ2v) is 21.5. The second-order valence-electron chi connectivity index (χ2n) is 21.5. The lowest BCUT2D eigenvalue weighted by Crippen LogP contribution is -2.62. The van der Waals surface area contributed by atoms with Crippen LogP contribution in [0.4, 0.5) is 0 Å². The number of amides is 4. The third-order valence-electron chi connectivity index (χ3n) is 15.1. The van der Waals surface area contributed by atoms with Crippen molar-refractivity contribution in [3.05, 3.63) is 77.6 Å². The van der Waals surface area contributed by atoms with E-state index in [1.54, 1.807) is 19.1 Å². The molecule has 4 aliphatic heterocycles. The third kappa shape index (κ3) is 12.4. The molecule has 72 heavy (non-hydrogen) atoms. The molecule has 4 amide bonds. The highest BCUT2D eigenvalue weighted by molar-refractivity contribution is 5.95. The fourth-order valence-corrected chi connectivity index (χ4v) is 10.8. The number of esters is 1. The van der Waals surface area contributed by atoms with E-state index < -0.39 is 47.2 Å². The monoisotopic (exact) mass is 990 g/mol. The van der Waals surface area contributed by atoms with Crippen LogP contribution in [0.25, 0.3) is 28.1 Å². The van der Waals surface area contributed by atoms with Crippen LogP contribution < -0.4 is 10.7 Å². The highest BCUT2D eigenvalue weighted by atomic mass is 16.5. The van der Waals surface area contributed by atoms with Gasteiger partial charge in [-0.2, -0.15) is 0 Å². The number of nitrogens with zero attached hydrogens (tertiary/aromatic N) is 7. The van der Waals surface area contributed by atoms with Gasteiger partial charge >= 0.3 is 5.97 Å². The van der Waals surface area contributed by atoms with Crippen LogP contribution in [0.3, 0.4) is 0 Å². The number of aromatic nitrogens is 1. The van der Waals surface area contributed by atoms with E-state index in [0.29, 0.717) is 45.3 Å². The number of aliphatic imine (C=N–C) groups is 1. The molecule has 390 valence electrons. The van der Waals surface area contributed by atoms with Gasteiger partial charge in [0.1, 0.15) is 18.1 Å². The lowest BCUT2D eigenvalue weighted by molar-refractivity contribution is -0.155. The number of fused-ring (bicyclic) bond motifs is 6. The summed E-state index contributed by atoms with van der Waals surface area (Å²) in [6.07, 6.45) is 7.40. The molecule has 3 aromatic rings. The van der Waals surface area contributed by atoms with E-state index in [1.807, 2.05) is 39.1 Å². The van der Waals surface area contributed by atoms with Gasteiger partial charge in [0.2, 0.25) is 17.7 Å². The normalized spacial score (nSPS) is 22.9. The number of cyclic esters (lactones) is 1. The lowest BCUT2D eigenvalue weighted by Gasteiger charge is -2.37. The molecule has 3 fully saturated rings. The van der Waals surface area contributed by atoms with E-state index in [4.69, 9.17) is 14.5 Å². The molecule has 1 aromatic heterocycles.